The minimum absolute atomic E-state index is 0.451. The minimum Gasteiger partial charge on any atom is -0.383 e. The Hall–Kier alpha value is -0.570. The van der Waals surface area contributed by atoms with Crippen LogP contribution in [0.25, 0.3) is 0 Å². The number of rotatable bonds is 6. The number of hydrogen-bond donors (Lipinski definition) is 1. The summed E-state index contributed by atoms with van der Waals surface area (Å²) < 4.78 is 5.29. The first-order valence-corrected chi connectivity index (χ1v) is 7.15. The highest BCUT2D eigenvalue weighted by Crippen LogP contribution is 2.33. The predicted molar refractivity (Wildman–Crippen MR) is 76.2 cm³/mol. The van der Waals surface area contributed by atoms with Gasteiger partial charge < -0.3 is 10.1 Å². The van der Waals surface area contributed by atoms with Gasteiger partial charge in [0.05, 0.1) is 6.61 Å². The van der Waals surface area contributed by atoms with Crippen molar-refractivity contribution >= 4 is 11.6 Å². The van der Waals surface area contributed by atoms with Gasteiger partial charge in [0.2, 0.25) is 0 Å². The van der Waals surface area contributed by atoms with Crippen LogP contribution in [-0.2, 0) is 11.2 Å². The third-order valence-corrected chi connectivity index (χ3v) is 3.86. The molecule has 3 heteroatoms. The van der Waals surface area contributed by atoms with Gasteiger partial charge in [0.1, 0.15) is 0 Å². The molecular weight excluding hydrogens is 246 g/mol. The molecule has 0 aliphatic heterocycles. The standard InChI is InChI=1S/C15H22ClNO/c1-3-4-13(10-18-2)17-15-8-5-11-9-12(16)6-7-14(11)15/h6-7,9,13,15,17H,3-5,8,10H2,1-2H3. The molecule has 2 unspecified atom stereocenters. The Kier molecular flexibility index (Phi) is 5.04. The molecule has 0 radical (unpaired) electrons. The number of ether oxygens (including phenoxy) is 1. The maximum absolute atomic E-state index is 6.04. The van der Waals surface area contributed by atoms with Crippen molar-refractivity contribution in [1.29, 1.82) is 0 Å². The molecule has 2 nitrogen and oxygen atoms in total. The maximum Gasteiger partial charge on any atom is 0.0616 e. The first kappa shape index (κ1) is 13.9. The molecular formula is C15H22ClNO. The third-order valence-electron chi connectivity index (χ3n) is 3.62. The van der Waals surface area contributed by atoms with E-state index in [1.165, 1.54) is 24.0 Å². The highest BCUT2D eigenvalue weighted by molar-refractivity contribution is 6.30. The Morgan fingerprint density at radius 2 is 2.33 bits per heavy atom. The van der Waals surface area contributed by atoms with Gasteiger partial charge in [-0.3, -0.25) is 0 Å². The third kappa shape index (κ3) is 3.25. The quantitative estimate of drug-likeness (QED) is 0.848. The minimum atomic E-state index is 0.451. The normalized spacial score (nSPS) is 19.8. The summed E-state index contributed by atoms with van der Waals surface area (Å²) in [4.78, 5) is 0. The van der Waals surface area contributed by atoms with Crippen molar-refractivity contribution in [2.75, 3.05) is 13.7 Å². The van der Waals surface area contributed by atoms with Crippen molar-refractivity contribution in [3.05, 3.63) is 34.3 Å². The van der Waals surface area contributed by atoms with E-state index in [9.17, 15) is 0 Å². The van der Waals surface area contributed by atoms with E-state index >= 15 is 0 Å². The Morgan fingerprint density at radius 1 is 1.50 bits per heavy atom. The second kappa shape index (κ2) is 6.55. The van der Waals surface area contributed by atoms with Crippen molar-refractivity contribution in [1.82, 2.24) is 5.32 Å². The topological polar surface area (TPSA) is 21.3 Å². The van der Waals surface area contributed by atoms with E-state index in [1.807, 2.05) is 6.07 Å². The summed E-state index contributed by atoms with van der Waals surface area (Å²) in [5, 5.41) is 4.57. The molecule has 0 saturated carbocycles. The molecule has 1 aliphatic carbocycles. The largest absolute Gasteiger partial charge is 0.383 e. The van der Waals surface area contributed by atoms with Crippen LogP contribution in [0.2, 0.25) is 5.02 Å². The van der Waals surface area contributed by atoms with Crippen molar-refractivity contribution in [2.24, 2.45) is 0 Å². The average molecular weight is 268 g/mol. The van der Waals surface area contributed by atoms with Crippen LogP contribution < -0.4 is 5.32 Å². The molecule has 0 fully saturated rings. The number of nitrogens with one attached hydrogen (secondary N) is 1. The smallest absolute Gasteiger partial charge is 0.0616 e. The SMILES string of the molecule is CCCC(COC)NC1CCc2cc(Cl)ccc21. The Bertz CT molecular complexity index is 388. The van der Waals surface area contributed by atoms with E-state index in [1.54, 1.807) is 7.11 Å². The number of fused-ring (bicyclic) bond motifs is 1. The fraction of sp³-hybridized carbons (Fsp3) is 0.600. The monoisotopic (exact) mass is 267 g/mol. The highest BCUT2D eigenvalue weighted by atomic mass is 35.5. The molecule has 1 aromatic rings. The van der Waals surface area contributed by atoms with Gasteiger partial charge in [-0.2, -0.15) is 0 Å². The van der Waals surface area contributed by atoms with Gasteiger partial charge >= 0.3 is 0 Å². The summed E-state index contributed by atoms with van der Waals surface area (Å²) in [6.07, 6.45) is 4.63. The summed E-state index contributed by atoms with van der Waals surface area (Å²) in [5.41, 5.74) is 2.81. The lowest BCUT2D eigenvalue weighted by Crippen LogP contribution is -2.35. The predicted octanol–water partition coefficient (Wildman–Crippen LogP) is 3.73. The van der Waals surface area contributed by atoms with E-state index in [0.29, 0.717) is 12.1 Å². The summed E-state index contributed by atoms with van der Waals surface area (Å²) >= 11 is 6.04. The molecule has 0 aromatic heterocycles. The number of aryl methyl sites for hydroxylation is 1. The molecule has 1 aromatic carbocycles. The van der Waals surface area contributed by atoms with Crippen LogP contribution in [0.5, 0.6) is 0 Å². The fourth-order valence-electron chi connectivity index (χ4n) is 2.81. The van der Waals surface area contributed by atoms with Crippen LogP contribution in [0.15, 0.2) is 18.2 Å². The second-order valence-electron chi connectivity index (χ2n) is 5.04. The van der Waals surface area contributed by atoms with Gasteiger partial charge in [-0.1, -0.05) is 31.0 Å². The molecule has 0 saturated heterocycles. The van der Waals surface area contributed by atoms with Gasteiger partial charge in [0, 0.05) is 24.2 Å². The summed E-state index contributed by atoms with van der Waals surface area (Å²) in [6.45, 7) is 3.00. The zero-order valence-electron chi connectivity index (χ0n) is 11.2. The highest BCUT2D eigenvalue weighted by Gasteiger charge is 2.24. The van der Waals surface area contributed by atoms with Crippen molar-refractivity contribution < 1.29 is 4.74 Å². The van der Waals surface area contributed by atoms with E-state index < -0.39 is 0 Å². The van der Waals surface area contributed by atoms with Crippen molar-refractivity contribution in [3.63, 3.8) is 0 Å². The van der Waals surface area contributed by atoms with Crippen LogP contribution in [0.4, 0.5) is 0 Å². The number of halogens is 1. The van der Waals surface area contributed by atoms with Gasteiger partial charge in [-0.15, -0.1) is 0 Å². The molecule has 18 heavy (non-hydrogen) atoms. The Labute approximate surface area is 115 Å². The summed E-state index contributed by atoms with van der Waals surface area (Å²) in [5.74, 6) is 0. The first-order chi connectivity index (χ1) is 8.74. The van der Waals surface area contributed by atoms with Gasteiger partial charge in [-0.05, 0) is 42.5 Å². The molecule has 0 spiro atoms. The molecule has 0 bridgehead atoms. The fourth-order valence-corrected chi connectivity index (χ4v) is 3.00. The van der Waals surface area contributed by atoms with Gasteiger partial charge in [0.25, 0.3) is 0 Å². The molecule has 1 N–H and O–H groups in total. The Morgan fingerprint density at radius 3 is 3.06 bits per heavy atom. The molecule has 2 atom stereocenters. The van der Waals surface area contributed by atoms with Gasteiger partial charge in [-0.25, -0.2) is 0 Å². The summed E-state index contributed by atoms with van der Waals surface area (Å²) in [7, 11) is 1.77. The van der Waals surface area contributed by atoms with E-state index in [2.05, 4.69) is 24.4 Å². The zero-order valence-corrected chi connectivity index (χ0v) is 12.0. The van der Waals surface area contributed by atoms with E-state index in [-0.39, 0.29) is 0 Å². The van der Waals surface area contributed by atoms with Gasteiger partial charge in [0.15, 0.2) is 0 Å². The lowest BCUT2D eigenvalue weighted by Gasteiger charge is -2.23. The first-order valence-electron chi connectivity index (χ1n) is 6.78. The summed E-state index contributed by atoms with van der Waals surface area (Å²) in [6, 6.07) is 7.17. The lowest BCUT2D eigenvalue weighted by atomic mass is 10.1. The van der Waals surface area contributed by atoms with Crippen LogP contribution >= 0.6 is 11.6 Å². The average Bonchev–Trinajstić information content (AvgIpc) is 2.72. The van der Waals surface area contributed by atoms with Crippen LogP contribution in [0.3, 0.4) is 0 Å². The molecule has 0 heterocycles. The van der Waals surface area contributed by atoms with Crippen LogP contribution in [0, 0.1) is 0 Å². The van der Waals surface area contributed by atoms with Crippen LogP contribution in [0.1, 0.15) is 43.4 Å². The zero-order chi connectivity index (χ0) is 13.0. The number of methoxy groups -OCH3 is 1. The van der Waals surface area contributed by atoms with E-state index in [0.717, 1.165) is 24.5 Å². The molecule has 1 aliphatic rings. The van der Waals surface area contributed by atoms with Crippen molar-refractivity contribution in [3.8, 4) is 0 Å². The Balaban J connectivity index is 2.03. The van der Waals surface area contributed by atoms with Crippen LogP contribution in [-0.4, -0.2) is 19.8 Å². The maximum atomic E-state index is 6.04. The van der Waals surface area contributed by atoms with E-state index in [4.69, 9.17) is 16.3 Å². The molecule has 0 amide bonds. The molecule has 100 valence electrons. The molecule has 2 rings (SSSR count). The second-order valence-corrected chi connectivity index (χ2v) is 5.48. The lowest BCUT2D eigenvalue weighted by molar-refractivity contribution is 0.155. The number of hydrogen-bond acceptors (Lipinski definition) is 2. The number of benzene rings is 1. The van der Waals surface area contributed by atoms with Crippen molar-refractivity contribution in [2.45, 2.75) is 44.7 Å².